The van der Waals surface area contributed by atoms with E-state index in [1.54, 1.807) is 0 Å². The van der Waals surface area contributed by atoms with Gasteiger partial charge in [0.1, 0.15) is 0 Å². The second-order valence-corrected chi connectivity index (χ2v) is 8.85. The number of aromatic amines is 1. The number of likely N-dealkylation sites (tertiary alicyclic amines) is 1. The van der Waals surface area contributed by atoms with Gasteiger partial charge in [0.2, 0.25) is 5.91 Å². The van der Waals surface area contributed by atoms with E-state index in [4.69, 9.17) is 0 Å². The van der Waals surface area contributed by atoms with Gasteiger partial charge < -0.3 is 9.88 Å². The first-order valence-corrected chi connectivity index (χ1v) is 11.6. The number of para-hydroxylation sites is 1. The number of aromatic nitrogens is 1. The van der Waals surface area contributed by atoms with Crippen molar-refractivity contribution in [2.75, 3.05) is 52.4 Å². The van der Waals surface area contributed by atoms with E-state index in [0.717, 1.165) is 79.8 Å². The predicted octanol–water partition coefficient (Wildman–Crippen LogP) is 3.26. The minimum Gasteiger partial charge on any atom is -0.354 e. The van der Waals surface area contributed by atoms with Crippen LogP contribution in [0.3, 0.4) is 0 Å². The predicted molar refractivity (Wildman–Crippen MR) is 127 cm³/mol. The summed E-state index contributed by atoms with van der Waals surface area (Å²) in [7, 11) is 0. The van der Waals surface area contributed by atoms with E-state index >= 15 is 0 Å². The molecular weight excluding hydrogens is 400 g/mol. The number of ketones is 1. The highest BCUT2D eigenvalue weighted by Crippen LogP contribution is 2.31. The van der Waals surface area contributed by atoms with E-state index in [9.17, 15) is 9.59 Å². The number of piperazine rings is 1. The topological polar surface area (TPSA) is 59.7 Å². The minimum absolute atomic E-state index is 0.142. The molecule has 2 aliphatic heterocycles. The molecule has 2 aromatic carbocycles. The largest absolute Gasteiger partial charge is 0.354 e. The molecule has 1 N–H and O–H groups in total. The van der Waals surface area contributed by atoms with Crippen LogP contribution in [0, 0.1) is 0 Å². The third kappa shape index (κ3) is 4.33. The number of fused-ring (bicyclic) bond motifs is 1. The van der Waals surface area contributed by atoms with Gasteiger partial charge in [0, 0.05) is 50.2 Å². The highest BCUT2D eigenvalue weighted by atomic mass is 16.2. The van der Waals surface area contributed by atoms with Crippen LogP contribution < -0.4 is 0 Å². The Kier molecular flexibility index (Phi) is 6.06. The summed E-state index contributed by atoms with van der Waals surface area (Å²) in [6.45, 7) is 5.98. The van der Waals surface area contributed by atoms with Crippen molar-refractivity contribution in [3.05, 3.63) is 60.2 Å². The summed E-state index contributed by atoms with van der Waals surface area (Å²) in [5.41, 5.74) is 3.68. The van der Waals surface area contributed by atoms with Crippen molar-refractivity contribution in [3.63, 3.8) is 0 Å². The van der Waals surface area contributed by atoms with Crippen molar-refractivity contribution in [2.45, 2.75) is 12.8 Å². The number of nitrogens with zero attached hydrogens (tertiary/aromatic N) is 3. The summed E-state index contributed by atoms with van der Waals surface area (Å²) in [4.78, 5) is 35.8. The molecule has 0 saturated carbocycles. The third-order valence-corrected chi connectivity index (χ3v) is 6.70. The van der Waals surface area contributed by atoms with E-state index in [1.165, 1.54) is 0 Å². The van der Waals surface area contributed by atoms with Crippen molar-refractivity contribution >= 4 is 22.6 Å². The van der Waals surface area contributed by atoms with Crippen LogP contribution in [0.15, 0.2) is 54.6 Å². The first-order valence-electron chi connectivity index (χ1n) is 11.6. The van der Waals surface area contributed by atoms with Gasteiger partial charge in [-0.3, -0.25) is 19.4 Å². The Labute approximate surface area is 188 Å². The number of H-pyrrole nitrogens is 1. The van der Waals surface area contributed by atoms with E-state index in [0.29, 0.717) is 13.1 Å². The van der Waals surface area contributed by atoms with Gasteiger partial charge in [-0.15, -0.1) is 0 Å². The van der Waals surface area contributed by atoms with Gasteiger partial charge in [0.25, 0.3) is 0 Å². The average molecular weight is 431 g/mol. The molecule has 32 heavy (non-hydrogen) atoms. The zero-order chi connectivity index (χ0) is 21.9. The summed E-state index contributed by atoms with van der Waals surface area (Å²) in [6, 6.07) is 18.1. The normalized spacial score (nSPS) is 17.8. The van der Waals surface area contributed by atoms with Gasteiger partial charge in [-0.2, -0.15) is 0 Å². The molecule has 2 aliphatic rings. The molecule has 6 heteroatoms. The van der Waals surface area contributed by atoms with Crippen LogP contribution in [0.5, 0.6) is 0 Å². The Hall–Kier alpha value is -2.96. The van der Waals surface area contributed by atoms with Crippen molar-refractivity contribution < 1.29 is 9.59 Å². The first-order chi connectivity index (χ1) is 15.7. The Morgan fingerprint density at radius 3 is 2.09 bits per heavy atom. The van der Waals surface area contributed by atoms with Crippen LogP contribution in [-0.2, 0) is 4.79 Å². The summed E-state index contributed by atoms with van der Waals surface area (Å²) in [5.74, 6) is 0.390. The molecule has 6 nitrogen and oxygen atoms in total. The number of amides is 1. The number of rotatable bonds is 6. The molecule has 0 atom stereocenters. The summed E-state index contributed by atoms with van der Waals surface area (Å²) in [5, 5.41) is 0.978. The number of benzene rings is 2. The lowest BCUT2D eigenvalue weighted by Gasteiger charge is -2.34. The quantitative estimate of drug-likeness (QED) is 0.610. The second-order valence-electron chi connectivity index (χ2n) is 8.85. The molecule has 0 unspecified atom stereocenters. The molecule has 3 aromatic rings. The summed E-state index contributed by atoms with van der Waals surface area (Å²) in [6.07, 6.45) is 2.25. The maximum absolute atomic E-state index is 13.5. The molecule has 3 heterocycles. The van der Waals surface area contributed by atoms with Crippen LogP contribution in [0.1, 0.15) is 23.2 Å². The maximum Gasteiger partial charge on any atom is 0.236 e. The smallest absolute Gasteiger partial charge is 0.236 e. The van der Waals surface area contributed by atoms with Gasteiger partial charge in [0.15, 0.2) is 5.78 Å². The zero-order valence-corrected chi connectivity index (χ0v) is 18.4. The lowest BCUT2D eigenvalue weighted by Crippen LogP contribution is -2.50. The van der Waals surface area contributed by atoms with E-state index in [-0.39, 0.29) is 11.7 Å². The number of Topliss-reactive ketones (excluding diaryl/α,β-unsaturated/α-hetero) is 1. The Morgan fingerprint density at radius 1 is 0.750 bits per heavy atom. The monoisotopic (exact) mass is 430 g/mol. The van der Waals surface area contributed by atoms with Crippen LogP contribution >= 0.6 is 0 Å². The van der Waals surface area contributed by atoms with E-state index in [1.807, 2.05) is 59.5 Å². The Bertz CT molecular complexity index is 1090. The van der Waals surface area contributed by atoms with Crippen LogP contribution in [0.4, 0.5) is 0 Å². The van der Waals surface area contributed by atoms with Crippen LogP contribution in [-0.4, -0.2) is 83.7 Å². The molecule has 0 aliphatic carbocycles. The lowest BCUT2D eigenvalue weighted by atomic mass is 10.0. The number of hydrogen-bond donors (Lipinski definition) is 1. The number of nitrogens with one attached hydrogen (secondary N) is 1. The van der Waals surface area contributed by atoms with Crippen molar-refractivity contribution in [1.82, 2.24) is 19.7 Å². The minimum atomic E-state index is 0.142. The first kappa shape index (κ1) is 20.9. The molecule has 166 valence electrons. The molecule has 2 fully saturated rings. The number of hydrogen-bond acceptors (Lipinski definition) is 4. The SMILES string of the molecule is O=C(CN1CCN(CC(=O)N2CCCC2)CC1)c1c(-c2ccccc2)[nH]c2ccccc12. The second kappa shape index (κ2) is 9.27. The highest BCUT2D eigenvalue weighted by Gasteiger charge is 2.26. The molecule has 5 rings (SSSR count). The lowest BCUT2D eigenvalue weighted by molar-refractivity contribution is -0.131. The molecule has 1 aromatic heterocycles. The van der Waals surface area contributed by atoms with Crippen molar-refractivity contribution in [1.29, 1.82) is 0 Å². The highest BCUT2D eigenvalue weighted by molar-refractivity contribution is 6.14. The van der Waals surface area contributed by atoms with Crippen molar-refractivity contribution in [2.24, 2.45) is 0 Å². The van der Waals surface area contributed by atoms with Gasteiger partial charge in [-0.05, 0) is 24.5 Å². The molecule has 0 radical (unpaired) electrons. The fraction of sp³-hybridized carbons (Fsp3) is 0.385. The fourth-order valence-electron chi connectivity index (χ4n) is 4.90. The van der Waals surface area contributed by atoms with Gasteiger partial charge in [0.05, 0.1) is 24.3 Å². The van der Waals surface area contributed by atoms with E-state index < -0.39 is 0 Å². The van der Waals surface area contributed by atoms with Gasteiger partial charge >= 0.3 is 0 Å². The zero-order valence-electron chi connectivity index (χ0n) is 18.4. The van der Waals surface area contributed by atoms with Crippen LogP contribution in [0.2, 0.25) is 0 Å². The molecular formula is C26H30N4O2. The Balaban J connectivity index is 1.26. The van der Waals surface area contributed by atoms with Crippen LogP contribution in [0.25, 0.3) is 22.2 Å². The molecule has 1 amide bonds. The standard InChI is InChI=1S/C26H30N4O2/c31-23(18-28-14-16-29(17-15-28)19-24(32)30-12-6-7-13-30)25-21-10-4-5-11-22(21)27-26(25)20-8-2-1-3-9-20/h1-5,8-11,27H,6-7,12-19H2. The number of carbonyl (C=O) groups excluding carboxylic acids is 2. The number of carbonyl (C=O) groups is 2. The van der Waals surface area contributed by atoms with E-state index in [2.05, 4.69) is 14.8 Å². The third-order valence-electron chi connectivity index (χ3n) is 6.70. The summed E-state index contributed by atoms with van der Waals surface area (Å²) >= 11 is 0. The molecule has 2 saturated heterocycles. The van der Waals surface area contributed by atoms with Gasteiger partial charge in [-0.25, -0.2) is 0 Å². The molecule has 0 bridgehead atoms. The van der Waals surface area contributed by atoms with Crippen molar-refractivity contribution in [3.8, 4) is 11.3 Å². The maximum atomic E-state index is 13.5. The molecule has 0 spiro atoms. The van der Waals surface area contributed by atoms with Gasteiger partial charge in [-0.1, -0.05) is 48.5 Å². The Morgan fingerprint density at radius 2 is 1.38 bits per heavy atom. The summed E-state index contributed by atoms with van der Waals surface area (Å²) < 4.78 is 0. The fourth-order valence-corrected chi connectivity index (χ4v) is 4.90. The average Bonchev–Trinajstić information content (AvgIpc) is 3.49.